The van der Waals surface area contributed by atoms with Crippen LogP contribution in [0, 0.1) is 5.41 Å². The fourth-order valence-electron chi connectivity index (χ4n) is 2.19. The molecule has 82 valence electrons. The summed E-state index contributed by atoms with van der Waals surface area (Å²) in [6.45, 7) is 11.8. The fourth-order valence-corrected chi connectivity index (χ4v) is 2.19. The largest absolute Gasteiger partial charge is 0.312 e. The molecule has 0 aromatic rings. The molecule has 1 heterocycles. The molecule has 1 atom stereocenters. The summed E-state index contributed by atoms with van der Waals surface area (Å²) in [6, 6.07) is 0.626. The SMILES string of the molecule is C=CCN(C)CC1NCCCC1(C)C. The van der Waals surface area contributed by atoms with E-state index in [0.717, 1.165) is 13.1 Å². The van der Waals surface area contributed by atoms with Gasteiger partial charge in [-0.15, -0.1) is 6.58 Å². The van der Waals surface area contributed by atoms with Crippen LogP contribution in [0.15, 0.2) is 12.7 Å². The molecule has 14 heavy (non-hydrogen) atoms. The number of rotatable bonds is 4. The topological polar surface area (TPSA) is 15.3 Å². The molecule has 1 N–H and O–H groups in total. The molecule has 1 fully saturated rings. The lowest BCUT2D eigenvalue weighted by atomic mass is 9.77. The van der Waals surface area contributed by atoms with E-state index >= 15 is 0 Å². The molecular formula is C12H24N2. The molecule has 2 nitrogen and oxygen atoms in total. The molecule has 1 saturated heterocycles. The number of nitrogens with one attached hydrogen (secondary N) is 1. The van der Waals surface area contributed by atoms with Crippen LogP contribution in [-0.4, -0.2) is 37.6 Å². The predicted molar refractivity (Wildman–Crippen MR) is 62.5 cm³/mol. The van der Waals surface area contributed by atoms with Crippen LogP contribution in [0.1, 0.15) is 26.7 Å². The van der Waals surface area contributed by atoms with E-state index in [1.54, 1.807) is 0 Å². The number of piperidine rings is 1. The van der Waals surface area contributed by atoms with Gasteiger partial charge in [0.05, 0.1) is 0 Å². The summed E-state index contributed by atoms with van der Waals surface area (Å²) in [5.41, 5.74) is 0.438. The molecule has 1 aliphatic heterocycles. The lowest BCUT2D eigenvalue weighted by molar-refractivity contribution is 0.143. The highest BCUT2D eigenvalue weighted by Gasteiger charge is 2.32. The van der Waals surface area contributed by atoms with Gasteiger partial charge >= 0.3 is 0 Å². The molecule has 0 radical (unpaired) electrons. The maximum absolute atomic E-state index is 3.77. The first-order valence-electron chi connectivity index (χ1n) is 5.59. The van der Waals surface area contributed by atoms with Gasteiger partial charge < -0.3 is 10.2 Å². The third-order valence-corrected chi connectivity index (χ3v) is 3.27. The van der Waals surface area contributed by atoms with Gasteiger partial charge in [0.15, 0.2) is 0 Å². The maximum atomic E-state index is 3.77. The Bertz CT molecular complexity index is 187. The van der Waals surface area contributed by atoms with Crippen molar-refractivity contribution in [1.82, 2.24) is 10.2 Å². The van der Waals surface area contributed by atoms with Crippen LogP contribution in [0.5, 0.6) is 0 Å². The van der Waals surface area contributed by atoms with Gasteiger partial charge in [-0.05, 0) is 31.8 Å². The first-order chi connectivity index (χ1) is 6.56. The van der Waals surface area contributed by atoms with E-state index in [9.17, 15) is 0 Å². The van der Waals surface area contributed by atoms with Crippen molar-refractivity contribution in [1.29, 1.82) is 0 Å². The van der Waals surface area contributed by atoms with Crippen LogP contribution < -0.4 is 5.32 Å². The summed E-state index contributed by atoms with van der Waals surface area (Å²) in [5, 5.41) is 3.62. The molecule has 1 aliphatic rings. The van der Waals surface area contributed by atoms with Crippen LogP contribution in [0.3, 0.4) is 0 Å². The highest BCUT2D eigenvalue weighted by atomic mass is 15.1. The van der Waals surface area contributed by atoms with Gasteiger partial charge in [0.1, 0.15) is 0 Å². The van der Waals surface area contributed by atoms with Crippen molar-refractivity contribution in [2.45, 2.75) is 32.7 Å². The van der Waals surface area contributed by atoms with E-state index in [-0.39, 0.29) is 0 Å². The number of nitrogens with zero attached hydrogens (tertiary/aromatic N) is 1. The Hall–Kier alpha value is -0.340. The minimum absolute atomic E-state index is 0.438. The molecule has 0 aromatic carbocycles. The molecule has 0 saturated carbocycles. The summed E-state index contributed by atoms with van der Waals surface area (Å²) < 4.78 is 0. The van der Waals surface area contributed by atoms with E-state index in [0.29, 0.717) is 11.5 Å². The highest BCUT2D eigenvalue weighted by molar-refractivity contribution is 4.90. The molecule has 0 amide bonds. The summed E-state index contributed by atoms with van der Waals surface area (Å²) in [4.78, 5) is 2.33. The zero-order valence-corrected chi connectivity index (χ0v) is 9.84. The molecule has 0 bridgehead atoms. The first kappa shape index (κ1) is 11.7. The average Bonchev–Trinajstić information content (AvgIpc) is 2.09. The minimum atomic E-state index is 0.438. The second kappa shape index (κ2) is 4.94. The fraction of sp³-hybridized carbons (Fsp3) is 0.833. The quantitative estimate of drug-likeness (QED) is 0.691. The van der Waals surface area contributed by atoms with Crippen molar-refractivity contribution in [2.24, 2.45) is 5.41 Å². The first-order valence-corrected chi connectivity index (χ1v) is 5.59. The molecule has 0 aromatic heterocycles. The lowest BCUT2D eigenvalue weighted by Crippen LogP contribution is -2.52. The van der Waals surface area contributed by atoms with Gasteiger partial charge in [0, 0.05) is 19.1 Å². The lowest BCUT2D eigenvalue weighted by Gasteiger charge is -2.41. The van der Waals surface area contributed by atoms with E-state index in [4.69, 9.17) is 0 Å². The van der Waals surface area contributed by atoms with Gasteiger partial charge in [-0.1, -0.05) is 19.9 Å². The van der Waals surface area contributed by atoms with Crippen LogP contribution in [0.25, 0.3) is 0 Å². The van der Waals surface area contributed by atoms with Gasteiger partial charge in [0.2, 0.25) is 0 Å². The Kier molecular flexibility index (Phi) is 4.14. The standard InChI is InChI=1S/C12H24N2/c1-5-9-14(4)10-11-12(2,3)7-6-8-13-11/h5,11,13H,1,6-10H2,2-4H3. The highest BCUT2D eigenvalue weighted by Crippen LogP contribution is 2.30. The second-order valence-corrected chi connectivity index (χ2v) is 5.11. The number of hydrogen-bond donors (Lipinski definition) is 1. The van der Waals surface area contributed by atoms with Gasteiger partial charge in [-0.3, -0.25) is 0 Å². The van der Waals surface area contributed by atoms with Crippen LogP contribution in [0.4, 0.5) is 0 Å². The number of hydrogen-bond acceptors (Lipinski definition) is 2. The molecule has 0 spiro atoms. The Morgan fingerprint density at radius 1 is 1.57 bits per heavy atom. The molecule has 1 unspecified atom stereocenters. The Morgan fingerprint density at radius 3 is 2.86 bits per heavy atom. The third kappa shape index (κ3) is 3.10. The second-order valence-electron chi connectivity index (χ2n) is 5.11. The minimum Gasteiger partial charge on any atom is -0.312 e. The maximum Gasteiger partial charge on any atom is 0.0246 e. The van der Waals surface area contributed by atoms with Crippen molar-refractivity contribution in [2.75, 3.05) is 26.7 Å². The van der Waals surface area contributed by atoms with Crippen molar-refractivity contribution < 1.29 is 0 Å². The third-order valence-electron chi connectivity index (χ3n) is 3.27. The van der Waals surface area contributed by atoms with Gasteiger partial charge in [0.25, 0.3) is 0 Å². The number of likely N-dealkylation sites (N-methyl/N-ethyl adjacent to an activating group) is 1. The molecule has 1 rings (SSSR count). The summed E-state index contributed by atoms with van der Waals surface area (Å²) in [5.74, 6) is 0. The van der Waals surface area contributed by atoms with E-state index in [1.165, 1.54) is 19.4 Å². The summed E-state index contributed by atoms with van der Waals surface area (Å²) >= 11 is 0. The summed E-state index contributed by atoms with van der Waals surface area (Å²) in [7, 11) is 2.16. The molecule has 0 aliphatic carbocycles. The zero-order chi connectivity index (χ0) is 10.6. The zero-order valence-electron chi connectivity index (χ0n) is 9.84. The van der Waals surface area contributed by atoms with Crippen LogP contribution in [0.2, 0.25) is 0 Å². The smallest absolute Gasteiger partial charge is 0.0246 e. The predicted octanol–water partition coefficient (Wildman–Crippen LogP) is 1.88. The van der Waals surface area contributed by atoms with Gasteiger partial charge in [-0.25, -0.2) is 0 Å². The van der Waals surface area contributed by atoms with E-state index < -0.39 is 0 Å². The Labute approximate surface area is 88.4 Å². The van der Waals surface area contributed by atoms with Crippen molar-refractivity contribution >= 4 is 0 Å². The molecule has 2 heteroatoms. The average molecular weight is 196 g/mol. The monoisotopic (exact) mass is 196 g/mol. The van der Waals surface area contributed by atoms with Crippen LogP contribution >= 0.6 is 0 Å². The van der Waals surface area contributed by atoms with Gasteiger partial charge in [-0.2, -0.15) is 0 Å². The Balaban J connectivity index is 2.44. The normalized spacial score (nSPS) is 26.4. The van der Waals surface area contributed by atoms with Crippen molar-refractivity contribution in [3.8, 4) is 0 Å². The molecular weight excluding hydrogens is 172 g/mol. The summed E-state index contributed by atoms with van der Waals surface area (Å²) in [6.07, 6.45) is 4.62. The van der Waals surface area contributed by atoms with Crippen LogP contribution in [-0.2, 0) is 0 Å². The van der Waals surface area contributed by atoms with E-state index in [1.807, 2.05) is 6.08 Å². The van der Waals surface area contributed by atoms with E-state index in [2.05, 4.69) is 37.7 Å². The van der Waals surface area contributed by atoms with Crippen molar-refractivity contribution in [3.05, 3.63) is 12.7 Å². The Morgan fingerprint density at radius 2 is 2.29 bits per heavy atom. The van der Waals surface area contributed by atoms with Crippen molar-refractivity contribution in [3.63, 3.8) is 0 Å².